The molecule has 28 heavy (non-hydrogen) atoms. The number of carbonyl (C=O) groups is 1. The van der Waals surface area contributed by atoms with Gasteiger partial charge in [-0.15, -0.1) is 10.2 Å². The average molecular weight is 400 g/mol. The molecule has 2 heterocycles. The summed E-state index contributed by atoms with van der Waals surface area (Å²) in [5.74, 6) is 1.06. The minimum absolute atomic E-state index is 0.0652. The summed E-state index contributed by atoms with van der Waals surface area (Å²) in [6, 6.07) is 11.8. The van der Waals surface area contributed by atoms with Gasteiger partial charge in [0.25, 0.3) is 0 Å². The van der Waals surface area contributed by atoms with Crippen LogP contribution in [0.15, 0.2) is 47.8 Å². The third-order valence-electron chi connectivity index (χ3n) is 4.45. The molecule has 8 heteroatoms. The first-order valence-electron chi connectivity index (χ1n) is 9.08. The van der Waals surface area contributed by atoms with Gasteiger partial charge in [0.1, 0.15) is 5.82 Å². The standard InChI is InChI=1S/C20H25N5O2S/c1-15-7-4-5-9-17(15)21-19(26)14-28-20-23-22-18(25(20)11-12-27-3)13-16-8-6-10-24(16)2/h4-10H,11-14H2,1-3H3,(H,21,26). The number of methoxy groups -OCH3 is 1. The van der Waals surface area contributed by atoms with Crippen molar-refractivity contribution in [3.05, 3.63) is 59.7 Å². The largest absolute Gasteiger partial charge is 0.383 e. The minimum atomic E-state index is -0.0652. The molecule has 0 bridgehead atoms. The molecule has 2 aromatic heterocycles. The third kappa shape index (κ3) is 5.02. The number of aryl methyl sites for hydroxylation is 2. The Morgan fingerprint density at radius 2 is 2.04 bits per heavy atom. The molecular formula is C20H25N5O2S. The smallest absolute Gasteiger partial charge is 0.234 e. The van der Waals surface area contributed by atoms with Gasteiger partial charge in [0.2, 0.25) is 5.91 Å². The van der Waals surface area contributed by atoms with E-state index in [1.54, 1.807) is 7.11 Å². The summed E-state index contributed by atoms with van der Waals surface area (Å²) >= 11 is 1.38. The van der Waals surface area contributed by atoms with Gasteiger partial charge in [0.05, 0.1) is 12.4 Å². The lowest BCUT2D eigenvalue weighted by Crippen LogP contribution is -2.16. The molecule has 0 aliphatic heterocycles. The summed E-state index contributed by atoms with van der Waals surface area (Å²) in [6.07, 6.45) is 2.69. The highest BCUT2D eigenvalue weighted by atomic mass is 32.2. The Balaban J connectivity index is 1.68. The highest BCUT2D eigenvalue weighted by molar-refractivity contribution is 7.99. The van der Waals surface area contributed by atoms with Crippen molar-refractivity contribution < 1.29 is 9.53 Å². The van der Waals surface area contributed by atoms with Crippen molar-refractivity contribution in [3.63, 3.8) is 0 Å². The molecule has 3 aromatic rings. The first-order chi connectivity index (χ1) is 13.6. The number of benzene rings is 1. The van der Waals surface area contributed by atoms with E-state index in [0.29, 0.717) is 19.6 Å². The Bertz CT molecular complexity index is 934. The predicted octanol–water partition coefficient (Wildman–Crippen LogP) is 2.89. The van der Waals surface area contributed by atoms with Crippen molar-refractivity contribution >= 4 is 23.4 Å². The summed E-state index contributed by atoms with van der Waals surface area (Å²) in [5, 5.41) is 12.3. The molecule has 0 saturated heterocycles. The van der Waals surface area contributed by atoms with Crippen LogP contribution in [0.5, 0.6) is 0 Å². The fraction of sp³-hybridized carbons (Fsp3) is 0.350. The molecule has 148 valence electrons. The van der Waals surface area contributed by atoms with E-state index in [2.05, 4.69) is 26.1 Å². The molecule has 0 fully saturated rings. The number of nitrogens with one attached hydrogen (secondary N) is 1. The maximum atomic E-state index is 12.4. The van der Waals surface area contributed by atoms with Crippen LogP contribution in [0.1, 0.15) is 17.1 Å². The second kappa shape index (κ2) is 9.57. The van der Waals surface area contributed by atoms with Gasteiger partial charge in [-0.1, -0.05) is 30.0 Å². The van der Waals surface area contributed by atoms with Crippen LogP contribution in [-0.2, 0) is 29.5 Å². The summed E-state index contributed by atoms with van der Waals surface area (Å²) in [7, 11) is 3.68. The van der Waals surface area contributed by atoms with Crippen LogP contribution in [0.25, 0.3) is 0 Å². The highest BCUT2D eigenvalue weighted by Gasteiger charge is 2.15. The van der Waals surface area contributed by atoms with Crippen molar-refractivity contribution in [2.24, 2.45) is 7.05 Å². The van der Waals surface area contributed by atoms with Crippen molar-refractivity contribution in [2.75, 3.05) is 24.8 Å². The van der Waals surface area contributed by atoms with Gasteiger partial charge in [-0.05, 0) is 30.7 Å². The van der Waals surface area contributed by atoms with Crippen LogP contribution in [0.3, 0.4) is 0 Å². The zero-order valence-corrected chi connectivity index (χ0v) is 17.2. The number of anilines is 1. The number of para-hydroxylation sites is 1. The van der Waals surface area contributed by atoms with Gasteiger partial charge >= 0.3 is 0 Å². The molecule has 1 amide bonds. The van der Waals surface area contributed by atoms with Crippen LogP contribution < -0.4 is 5.32 Å². The number of ether oxygens (including phenoxy) is 1. The SMILES string of the molecule is COCCn1c(Cc2cccn2C)nnc1SCC(=O)Nc1ccccc1C. The maximum absolute atomic E-state index is 12.4. The summed E-state index contributed by atoms with van der Waals surface area (Å²) in [6.45, 7) is 3.17. The molecule has 7 nitrogen and oxygen atoms in total. The van der Waals surface area contributed by atoms with Crippen molar-refractivity contribution in [1.82, 2.24) is 19.3 Å². The van der Waals surface area contributed by atoms with Crippen LogP contribution in [0, 0.1) is 6.92 Å². The number of amides is 1. The first kappa shape index (κ1) is 20.2. The molecule has 0 radical (unpaired) electrons. The van der Waals surface area contributed by atoms with Gasteiger partial charge in [0, 0.05) is 44.7 Å². The average Bonchev–Trinajstić information content (AvgIpc) is 3.26. The van der Waals surface area contributed by atoms with E-state index in [0.717, 1.165) is 27.9 Å². The van der Waals surface area contributed by atoms with E-state index in [1.807, 2.05) is 55.1 Å². The first-order valence-corrected chi connectivity index (χ1v) is 10.1. The van der Waals surface area contributed by atoms with Crippen LogP contribution in [0.2, 0.25) is 0 Å². The number of thioether (sulfide) groups is 1. The lowest BCUT2D eigenvalue weighted by Gasteiger charge is -2.11. The predicted molar refractivity (Wildman–Crippen MR) is 111 cm³/mol. The van der Waals surface area contributed by atoms with E-state index in [1.165, 1.54) is 11.8 Å². The molecule has 0 aliphatic carbocycles. The second-order valence-corrected chi connectivity index (χ2v) is 7.42. The molecule has 0 aliphatic rings. The van der Waals surface area contributed by atoms with Crippen molar-refractivity contribution in [2.45, 2.75) is 25.0 Å². The Hall–Kier alpha value is -2.58. The van der Waals surface area contributed by atoms with E-state index < -0.39 is 0 Å². The Labute approximate surface area is 169 Å². The van der Waals surface area contributed by atoms with E-state index >= 15 is 0 Å². The zero-order valence-electron chi connectivity index (χ0n) is 16.4. The molecule has 0 spiro atoms. The van der Waals surface area contributed by atoms with Crippen LogP contribution >= 0.6 is 11.8 Å². The van der Waals surface area contributed by atoms with E-state index in [-0.39, 0.29) is 11.7 Å². The Morgan fingerprint density at radius 1 is 1.21 bits per heavy atom. The van der Waals surface area contributed by atoms with Gasteiger partial charge in [-0.3, -0.25) is 4.79 Å². The maximum Gasteiger partial charge on any atom is 0.234 e. The molecule has 3 rings (SSSR count). The van der Waals surface area contributed by atoms with Gasteiger partial charge in [-0.2, -0.15) is 0 Å². The third-order valence-corrected chi connectivity index (χ3v) is 5.42. The number of hydrogen-bond acceptors (Lipinski definition) is 5. The van der Waals surface area contributed by atoms with Gasteiger partial charge in [0.15, 0.2) is 5.16 Å². The van der Waals surface area contributed by atoms with Gasteiger partial charge < -0.3 is 19.2 Å². The molecule has 0 atom stereocenters. The Kier molecular flexibility index (Phi) is 6.89. The Morgan fingerprint density at radius 3 is 2.75 bits per heavy atom. The molecular weight excluding hydrogens is 374 g/mol. The molecule has 1 N–H and O–H groups in total. The molecule has 1 aromatic carbocycles. The fourth-order valence-corrected chi connectivity index (χ4v) is 3.62. The summed E-state index contributed by atoms with van der Waals surface area (Å²) in [4.78, 5) is 12.4. The highest BCUT2D eigenvalue weighted by Crippen LogP contribution is 2.20. The summed E-state index contributed by atoms with van der Waals surface area (Å²) < 4.78 is 9.33. The summed E-state index contributed by atoms with van der Waals surface area (Å²) in [5.41, 5.74) is 3.02. The lowest BCUT2D eigenvalue weighted by atomic mass is 10.2. The van der Waals surface area contributed by atoms with E-state index in [4.69, 9.17) is 4.74 Å². The number of aromatic nitrogens is 4. The molecule has 0 unspecified atom stereocenters. The fourth-order valence-electron chi connectivity index (χ4n) is 2.84. The number of rotatable bonds is 9. The van der Waals surface area contributed by atoms with Crippen LogP contribution in [-0.4, -0.2) is 44.7 Å². The topological polar surface area (TPSA) is 74.0 Å². The zero-order chi connectivity index (χ0) is 19.9. The van der Waals surface area contributed by atoms with Crippen molar-refractivity contribution in [3.8, 4) is 0 Å². The normalized spacial score (nSPS) is 11.0. The quantitative estimate of drug-likeness (QED) is 0.560. The number of carbonyl (C=O) groups excluding carboxylic acids is 1. The van der Waals surface area contributed by atoms with Gasteiger partial charge in [-0.25, -0.2) is 0 Å². The monoisotopic (exact) mass is 399 g/mol. The van der Waals surface area contributed by atoms with E-state index in [9.17, 15) is 4.79 Å². The second-order valence-electron chi connectivity index (χ2n) is 6.48. The number of nitrogens with zero attached hydrogens (tertiary/aromatic N) is 4. The minimum Gasteiger partial charge on any atom is -0.383 e. The van der Waals surface area contributed by atoms with Crippen LogP contribution in [0.4, 0.5) is 5.69 Å². The van der Waals surface area contributed by atoms with Crippen molar-refractivity contribution in [1.29, 1.82) is 0 Å². The molecule has 0 saturated carbocycles. The lowest BCUT2D eigenvalue weighted by molar-refractivity contribution is -0.113. The number of hydrogen-bond donors (Lipinski definition) is 1.